The summed E-state index contributed by atoms with van der Waals surface area (Å²) < 4.78 is 10.2. The molecule has 0 saturated heterocycles. The summed E-state index contributed by atoms with van der Waals surface area (Å²) >= 11 is 0. The topological polar surface area (TPSA) is 86.5 Å². The Morgan fingerprint density at radius 3 is 2.70 bits per heavy atom. The van der Waals surface area contributed by atoms with Crippen molar-refractivity contribution in [1.29, 1.82) is 0 Å². The Balaban J connectivity index is 2.87. The summed E-state index contributed by atoms with van der Waals surface area (Å²) in [5.74, 6) is 0.662. The molecule has 1 atom stereocenters. The van der Waals surface area contributed by atoms with E-state index in [0.717, 1.165) is 6.42 Å². The van der Waals surface area contributed by atoms with Crippen LogP contribution in [0.1, 0.15) is 27.2 Å². The van der Waals surface area contributed by atoms with Gasteiger partial charge in [-0.1, -0.05) is 20.8 Å². The van der Waals surface area contributed by atoms with Gasteiger partial charge in [-0.2, -0.15) is 4.98 Å². The number of carbonyl (C=O) groups is 1. The maximum Gasteiger partial charge on any atom is 0.328 e. The molecule has 20 heavy (non-hydrogen) atoms. The highest BCUT2D eigenvalue weighted by Crippen LogP contribution is 2.22. The maximum absolute atomic E-state index is 11.7. The van der Waals surface area contributed by atoms with Gasteiger partial charge in [-0.05, 0) is 24.5 Å². The van der Waals surface area contributed by atoms with Gasteiger partial charge >= 0.3 is 5.97 Å². The van der Waals surface area contributed by atoms with Crippen LogP contribution in [0.4, 0.5) is 11.5 Å². The molecule has 0 spiro atoms. The van der Waals surface area contributed by atoms with Gasteiger partial charge in [-0.15, -0.1) is 0 Å². The van der Waals surface area contributed by atoms with Crippen LogP contribution >= 0.6 is 0 Å². The maximum atomic E-state index is 11.7. The van der Waals surface area contributed by atoms with Crippen LogP contribution in [-0.2, 0) is 9.53 Å². The second-order valence-corrected chi connectivity index (χ2v) is 4.83. The number of nitrogens with one attached hydrogen (secondary N) is 1. The summed E-state index contributed by atoms with van der Waals surface area (Å²) in [6.07, 6.45) is 0.871. The SMILES string of the molecule is CCCOc1nc(NC(C(=O)OC)C(C)C)ccc1N. The van der Waals surface area contributed by atoms with E-state index in [0.29, 0.717) is 24.0 Å². The summed E-state index contributed by atoms with van der Waals surface area (Å²) in [6.45, 7) is 6.41. The standard InChI is InChI=1S/C14H23N3O3/c1-5-8-20-13-10(15)6-7-11(17-13)16-12(9(2)3)14(18)19-4/h6-7,9,12H,5,8,15H2,1-4H3,(H,16,17). The van der Waals surface area contributed by atoms with E-state index in [1.54, 1.807) is 12.1 Å². The van der Waals surface area contributed by atoms with Gasteiger partial charge in [-0.3, -0.25) is 0 Å². The molecule has 1 heterocycles. The van der Waals surface area contributed by atoms with Crippen LogP contribution in [0.3, 0.4) is 0 Å². The van der Waals surface area contributed by atoms with Crippen molar-refractivity contribution in [3.63, 3.8) is 0 Å². The lowest BCUT2D eigenvalue weighted by Crippen LogP contribution is -2.35. The number of aromatic nitrogens is 1. The Morgan fingerprint density at radius 2 is 2.15 bits per heavy atom. The van der Waals surface area contributed by atoms with Gasteiger partial charge in [0.15, 0.2) is 0 Å². The van der Waals surface area contributed by atoms with Crippen molar-refractivity contribution in [2.45, 2.75) is 33.2 Å². The number of hydrogen-bond donors (Lipinski definition) is 2. The molecule has 0 fully saturated rings. The highest BCUT2D eigenvalue weighted by Gasteiger charge is 2.23. The van der Waals surface area contributed by atoms with E-state index in [9.17, 15) is 4.79 Å². The average Bonchev–Trinajstić information content (AvgIpc) is 2.43. The fourth-order valence-corrected chi connectivity index (χ4v) is 1.63. The number of nitrogen functional groups attached to an aromatic ring is 1. The van der Waals surface area contributed by atoms with Crippen molar-refractivity contribution in [3.05, 3.63) is 12.1 Å². The lowest BCUT2D eigenvalue weighted by atomic mass is 10.0. The number of hydrogen-bond acceptors (Lipinski definition) is 6. The number of nitrogens with two attached hydrogens (primary N) is 1. The van der Waals surface area contributed by atoms with E-state index in [1.165, 1.54) is 7.11 Å². The van der Waals surface area contributed by atoms with E-state index >= 15 is 0 Å². The van der Waals surface area contributed by atoms with Crippen LogP contribution in [0, 0.1) is 5.92 Å². The van der Waals surface area contributed by atoms with Crippen molar-refractivity contribution < 1.29 is 14.3 Å². The molecule has 0 amide bonds. The molecule has 6 nitrogen and oxygen atoms in total. The third-order valence-corrected chi connectivity index (χ3v) is 2.76. The molecular weight excluding hydrogens is 258 g/mol. The Hall–Kier alpha value is -1.98. The van der Waals surface area contributed by atoms with E-state index < -0.39 is 6.04 Å². The average molecular weight is 281 g/mol. The van der Waals surface area contributed by atoms with Crippen LogP contribution in [0.25, 0.3) is 0 Å². The van der Waals surface area contributed by atoms with Crippen molar-refractivity contribution in [2.75, 3.05) is 24.8 Å². The van der Waals surface area contributed by atoms with Gasteiger partial charge in [0, 0.05) is 0 Å². The predicted octanol–water partition coefficient (Wildman–Crippen LogP) is 2.06. The van der Waals surface area contributed by atoms with Crippen LogP contribution in [0.2, 0.25) is 0 Å². The normalized spacial score (nSPS) is 12.1. The van der Waals surface area contributed by atoms with Gasteiger partial charge in [0.05, 0.1) is 19.4 Å². The number of rotatable bonds is 7. The van der Waals surface area contributed by atoms with Gasteiger partial charge in [0.1, 0.15) is 11.9 Å². The van der Waals surface area contributed by atoms with E-state index in [1.807, 2.05) is 20.8 Å². The molecule has 3 N–H and O–H groups in total. The van der Waals surface area contributed by atoms with Gasteiger partial charge in [0.2, 0.25) is 5.88 Å². The molecule has 1 aromatic rings. The lowest BCUT2D eigenvalue weighted by Gasteiger charge is -2.20. The monoisotopic (exact) mass is 281 g/mol. The number of methoxy groups -OCH3 is 1. The fraction of sp³-hybridized carbons (Fsp3) is 0.571. The highest BCUT2D eigenvalue weighted by molar-refractivity contribution is 5.79. The molecular formula is C14H23N3O3. The smallest absolute Gasteiger partial charge is 0.328 e. The zero-order valence-corrected chi connectivity index (χ0v) is 12.5. The van der Waals surface area contributed by atoms with Crippen LogP contribution in [-0.4, -0.2) is 30.7 Å². The molecule has 0 saturated carbocycles. The van der Waals surface area contributed by atoms with Gasteiger partial charge < -0.3 is 20.5 Å². The zero-order chi connectivity index (χ0) is 15.1. The number of carbonyl (C=O) groups excluding carboxylic acids is 1. The summed E-state index contributed by atoms with van der Waals surface area (Å²) in [5, 5.41) is 3.05. The third-order valence-electron chi connectivity index (χ3n) is 2.76. The van der Waals surface area contributed by atoms with E-state index in [4.69, 9.17) is 15.2 Å². The molecule has 0 radical (unpaired) electrons. The quantitative estimate of drug-likeness (QED) is 0.744. The first-order valence-electron chi connectivity index (χ1n) is 6.73. The molecule has 0 aromatic carbocycles. The van der Waals surface area contributed by atoms with E-state index in [-0.39, 0.29) is 11.9 Å². The minimum absolute atomic E-state index is 0.0711. The molecule has 1 rings (SSSR count). The van der Waals surface area contributed by atoms with E-state index in [2.05, 4.69) is 10.3 Å². The minimum atomic E-state index is -0.463. The van der Waals surface area contributed by atoms with Crippen LogP contribution in [0.5, 0.6) is 5.88 Å². The zero-order valence-electron chi connectivity index (χ0n) is 12.5. The summed E-state index contributed by atoms with van der Waals surface area (Å²) in [6, 6.07) is 2.96. The Labute approximate surface area is 119 Å². The second-order valence-electron chi connectivity index (χ2n) is 4.83. The first-order valence-corrected chi connectivity index (χ1v) is 6.73. The predicted molar refractivity (Wildman–Crippen MR) is 78.7 cm³/mol. The molecule has 1 unspecified atom stereocenters. The first-order chi connectivity index (χ1) is 9.49. The first kappa shape index (κ1) is 16.1. The molecule has 0 bridgehead atoms. The Morgan fingerprint density at radius 1 is 1.45 bits per heavy atom. The Kier molecular flexibility index (Phi) is 6.09. The summed E-state index contributed by atoms with van der Waals surface area (Å²) in [4.78, 5) is 16.0. The Bertz CT molecular complexity index is 449. The summed E-state index contributed by atoms with van der Waals surface area (Å²) in [5.41, 5.74) is 6.28. The largest absolute Gasteiger partial charge is 0.476 e. The molecule has 0 aliphatic carbocycles. The van der Waals surface area contributed by atoms with Gasteiger partial charge in [-0.25, -0.2) is 4.79 Å². The third kappa shape index (κ3) is 4.29. The molecule has 0 aliphatic heterocycles. The number of ether oxygens (including phenoxy) is 2. The van der Waals surface area contributed by atoms with Crippen LogP contribution < -0.4 is 15.8 Å². The fourth-order valence-electron chi connectivity index (χ4n) is 1.63. The summed E-state index contributed by atoms with van der Waals surface area (Å²) in [7, 11) is 1.37. The minimum Gasteiger partial charge on any atom is -0.476 e. The number of pyridine rings is 1. The lowest BCUT2D eigenvalue weighted by molar-refractivity contribution is -0.142. The number of nitrogens with zero attached hydrogens (tertiary/aromatic N) is 1. The van der Waals surface area contributed by atoms with Crippen molar-refractivity contribution in [2.24, 2.45) is 5.92 Å². The molecule has 0 aliphatic rings. The molecule has 112 valence electrons. The number of esters is 1. The molecule has 6 heteroatoms. The van der Waals surface area contributed by atoms with Crippen molar-refractivity contribution in [3.8, 4) is 5.88 Å². The van der Waals surface area contributed by atoms with Crippen LogP contribution in [0.15, 0.2) is 12.1 Å². The van der Waals surface area contributed by atoms with Gasteiger partial charge in [0.25, 0.3) is 0 Å². The highest BCUT2D eigenvalue weighted by atomic mass is 16.5. The van der Waals surface area contributed by atoms with Crippen molar-refractivity contribution >= 4 is 17.5 Å². The molecule has 1 aromatic heterocycles. The van der Waals surface area contributed by atoms with Crippen molar-refractivity contribution in [1.82, 2.24) is 4.98 Å². The second kappa shape index (κ2) is 7.57. The number of anilines is 2.